The van der Waals surface area contributed by atoms with E-state index in [2.05, 4.69) is 16.0 Å². The number of amides is 2. The second kappa shape index (κ2) is 5.59. The fraction of sp³-hybridized carbons (Fsp3) is 0.778. The van der Waals surface area contributed by atoms with E-state index in [0.29, 0.717) is 13.0 Å². The SMILES string of the molecule is CNC(=O)CCNC1CCCNC1=O. The molecule has 0 aromatic carbocycles. The average molecular weight is 199 g/mol. The van der Waals surface area contributed by atoms with Gasteiger partial charge in [0.25, 0.3) is 0 Å². The van der Waals surface area contributed by atoms with Crippen molar-refractivity contribution in [1.82, 2.24) is 16.0 Å². The van der Waals surface area contributed by atoms with Gasteiger partial charge in [-0.3, -0.25) is 9.59 Å². The quantitative estimate of drug-likeness (QED) is 0.543. The summed E-state index contributed by atoms with van der Waals surface area (Å²) < 4.78 is 0. The van der Waals surface area contributed by atoms with E-state index in [4.69, 9.17) is 0 Å². The van der Waals surface area contributed by atoms with Crippen molar-refractivity contribution in [3.63, 3.8) is 0 Å². The van der Waals surface area contributed by atoms with Crippen LogP contribution in [0.1, 0.15) is 19.3 Å². The number of carbonyl (C=O) groups excluding carboxylic acids is 2. The molecule has 3 N–H and O–H groups in total. The highest BCUT2D eigenvalue weighted by Gasteiger charge is 2.20. The summed E-state index contributed by atoms with van der Waals surface area (Å²) in [5.74, 6) is 0.0434. The largest absolute Gasteiger partial charge is 0.359 e. The van der Waals surface area contributed by atoms with Crippen molar-refractivity contribution in [3.05, 3.63) is 0 Å². The molecule has 0 bridgehead atoms. The number of nitrogens with one attached hydrogen (secondary N) is 3. The van der Waals surface area contributed by atoms with Gasteiger partial charge in [-0.2, -0.15) is 0 Å². The Morgan fingerprint density at radius 2 is 2.43 bits per heavy atom. The zero-order valence-electron chi connectivity index (χ0n) is 8.43. The number of hydrogen-bond donors (Lipinski definition) is 3. The first-order chi connectivity index (χ1) is 6.74. The molecule has 5 nitrogen and oxygen atoms in total. The van der Waals surface area contributed by atoms with E-state index in [1.165, 1.54) is 0 Å². The summed E-state index contributed by atoms with van der Waals surface area (Å²) in [4.78, 5) is 22.1. The lowest BCUT2D eigenvalue weighted by Crippen LogP contribution is -2.48. The van der Waals surface area contributed by atoms with E-state index < -0.39 is 0 Å². The van der Waals surface area contributed by atoms with Crippen LogP contribution in [-0.4, -0.2) is 38.0 Å². The number of piperidine rings is 1. The summed E-state index contributed by atoms with van der Waals surface area (Å²) >= 11 is 0. The molecule has 0 aromatic heterocycles. The molecule has 2 amide bonds. The molecule has 0 aliphatic carbocycles. The molecule has 14 heavy (non-hydrogen) atoms. The second-order valence-electron chi connectivity index (χ2n) is 3.36. The Morgan fingerprint density at radius 3 is 3.07 bits per heavy atom. The lowest BCUT2D eigenvalue weighted by molar-refractivity contribution is -0.125. The predicted octanol–water partition coefficient (Wildman–Crippen LogP) is -1.01. The first-order valence-electron chi connectivity index (χ1n) is 4.95. The van der Waals surface area contributed by atoms with Gasteiger partial charge >= 0.3 is 0 Å². The van der Waals surface area contributed by atoms with E-state index in [1.54, 1.807) is 7.05 Å². The monoisotopic (exact) mass is 199 g/mol. The van der Waals surface area contributed by atoms with Crippen LogP contribution in [0, 0.1) is 0 Å². The summed E-state index contributed by atoms with van der Waals surface area (Å²) in [6, 6.07) is -0.117. The summed E-state index contributed by atoms with van der Waals surface area (Å²) in [6.07, 6.45) is 2.28. The third kappa shape index (κ3) is 3.33. The van der Waals surface area contributed by atoms with Crippen LogP contribution in [0.3, 0.4) is 0 Å². The third-order valence-corrected chi connectivity index (χ3v) is 2.31. The van der Waals surface area contributed by atoms with E-state index in [0.717, 1.165) is 19.4 Å². The highest BCUT2D eigenvalue weighted by molar-refractivity contribution is 5.82. The Hall–Kier alpha value is -1.10. The van der Waals surface area contributed by atoms with E-state index in [-0.39, 0.29) is 17.9 Å². The Balaban J connectivity index is 2.16. The van der Waals surface area contributed by atoms with Crippen molar-refractivity contribution >= 4 is 11.8 Å². The lowest BCUT2D eigenvalue weighted by atomic mass is 10.1. The van der Waals surface area contributed by atoms with Crippen LogP contribution in [0.15, 0.2) is 0 Å². The average Bonchev–Trinajstić information content (AvgIpc) is 2.20. The molecule has 1 unspecified atom stereocenters. The highest BCUT2D eigenvalue weighted by Crippen LogP contribution is 2.02. The second-order valence-corrected chi connectivity index (χ2v) is 3.36. The topological polar surface area (TPSA) is 70.2 Å². The fourth-order valence-corrected chi connectivity index (χ4v) is 1.45. The molecular formula is C9H17N3O2. The molecule has 0 aromatic rings. The summed E-state index contributed by atoms with van der Waals surface area (Å²) in [5, 5.41) is 8.38. The minimum atomic E-state index is -0.117. The van der Waals surface area contributed by atoms with Crippen LogP contribution in [0.25, 0.3) is 0 Å². The third-order valence-electron chi connectivity index (χ3n) is 2.31. The fourth-order valence-electron chi connectivity index (χ4n) is 1.45. The Labute approximate surface area is 83.6 Å². The first kappa shape index (κ1) is 11.0. The van der Waals surface area contributed by atoms with Gasteiger partial charge in [0.15, 0.2) is 0 Å². The Morgan fingerprint density at radius 1 is 1.64 bits per heavy atom. The molecule has 5 heteroatoms. The van der Waals surface area contributed by atoms with Crippen molar-refractivity contribution in [2.24, 2.45) is 0 Å². The molecular weight excluding hydrogens is 182 g/mol. The molecule has 1 aliphatic rings. The molecule has 1 aliphatic heterocycles. The lowest BCUT2D eigenvalue weighted by Gasteiger charge is -2.22. The molecule has 0 saturated carbocycles. The molecule has 1 heterocycles. The predicted molar refractivity (Wildman–Crippen MR) is 52.7 cm³/mol. The molecule has 0 radical (unpaired) electrons. The van der Waals surface area contributed by atoms with Crippen LogP contribution in [-0.2, 0) is 9.59 Å². The van der Waals surface area contributed by atoms with Crippen LogP contribution >= 0.6 is 0 Å². The van der Waals surface area contributed by atoms with Gasteiger partial charge in [-0.05, 0) is 12.8 Å². The number of carbonyl (C=O) groups is 2. The van der Waals surface area contributed by atoms with Gasteiger partial charge in [0.1, 0.15) is 0 Å². The Kier molecular flexibility index (Phi) is 4.39. The maximum atomic E-state index is 11.3. The normalized spacial score (nSPS) is 21.5. The van der Waals surface area contributed by atoms with Gasteiger partial charge in [0, 0.05) is 26.6 Å². The van der Waals surface area contributed by atoms with Crippen molar-refractivity contribution in [1.29, 1.82) is 0 Å². The summed E-state index contributed by atoms with van der Waals surface area (Å²) in [6.45, 7) is 1.32. The zero-order valence-corrected chi connectivity index (χ0v) is 8.43. The molecule has 80 valence electrons. The van der Waals surface area contributed by atoms with E-state index in [1.807, 2.05) is 0 Å². The van der Waals surface area contributed by atoms with Crippen LogP contribution in [0.4, 0.5) is 0 Å². The minimum Gasteiger partial charge on any atom is -0.359 e. The zero-order chi connectivity index (χ0) is 10.4. The summed E-state index contributed by atoms with van der Waals surface area (Å²) in [7, 11) is 1.61. The first-order valence-corrected chi connectivity index (χ1v) is 4.95. The molecule has 1 saturated heterocycles. The molecule has 1 atom stereocenters. The van der Waals surface area contributed by atoms with Crippen molar-refractivity contribution in [3.8, 4) is 0 Å². The molecule has 1 rings (SSSR count). The maximum absolute atomic E-state index is 11.3. The van der Waals surface area contributed by atoms with Crippen molar-refractivity contribution < 1.29 is 9.59 Å². The van der Waals surface area contributed by atoms with E-state index in [9.17, 15) is 9.59 Å². The molecule has 1 fully saturated rings. The van der Waals surface area contributed by atoms with E-state index >= 15 is 0 Å². The van der Waals surface area contributed by atoms with Gasteiger partial charge in [-0.15, -0.1) is 0 Å². The Bertz CT molecular complexity index is 218. The molecule has 0 spiro atoms. The number of hydrogen-bond acceptors (Lipinski definition) is 3. The van der Waals surface area contributed by atoms with Gasteiger partial charge in [-0.25, -0.2) is 0 Å². The highest BCUT2D eigenvalue weighted by atomic mass is 16.2. The summed E-state index contributed by atoms with van der Waals surface area (Å²) in [5.41, 5.74) is 0. The van der Waals surface area contributed by atoms with Gasteiger partial charge in [0.2, 0.25) is 11.8 Å². The maximum Gasteiger partial charge on any atom is 0.237 e. The van der Waals surface area contributed by atoms with Gasteiger partial charge in [0.05, 0.1) is 6.04 Å². The van der Waals surface area contributed by atoms with Crippen LogP contribution in [0.2, 0.25) is 0 Å². The van der Waals surface area contributed by atoms with Crippen molar-refractivity contribution in [2.75, 3.05) is 20.1 Å². The van der Waals surface area contributed by atoms with Crippen molar-refractivity contribution in [2.45, 2.75) is 25.3 Å². The van der Waals surface area contributed by atoms with Crippen LogP contribution in [0.5, 0.6) is 0 Å². The minimum absolute atomic E-state index is 0.00582. The smallest absolute Gasteiger partial charge is 0.237 e. The van der Waals surface area contributed by atoms with Gasteiger partial charge < -0.3 is 16.0 Å². The standard InChI is InChI=1S/C9H17N3O2/c1-10-8(13)4-6-11-7-3-2-5-12-9(7)14/h7,11H,2-6H2,1H3,(H,10,13)(H,12,14). The van der Waals surface area contributed by atoms with Gasteiger partial charge in [-0.1, -0.05) is 0 Å². The van der Waals surface area contributed by atoms with Crippen LogP contribution < -0.4 is 16.0 Å². The number of rotatable bonds is 4.